The van der Waals surface area contributed by atoms with Gasteiger partial charge in [0.25, 0.3) is 0 Å². The number of aromatic nitrogens is 1. The zero-order chi connectivity index (χ0) is 15.5. The number of carbonyl (C=O) groups is 1. The lowest BCUT2D eigenvalue weighted by atomic mass is 9.85. The Morgan fingerprint density at radius 1 is 1.45 bits per heavy atom. The summed E-state index contributed by atoms with van der Waals surface area (Å²) in [4.78, 5) is 18.6. The molecule has 2 aromatic rings. The lowest BCUT2D eigenvalue weighted by Gasteiger charge is -2.46. The zero-order valence-corrected chi connectivity index (χ0v) is 13.5. The first-order chi connectivity index (χ1) is 10.7. The summed E-state index contributed by atoms with van der Waals surface area (Å²) in [7, 11) is 1.63. The number of urea groups is 1. The van der Waals surface area contributed by atoms with Gasteiger partial charge in [-0.3, -0.25) is 5.32 Å². The molecule has 2 amide bonds. The minimum atomic E-state index is -0.0923. The van der Waals surface area contributed by atoms with Gasteiger partial charge in [-0.2, -0.15) is 0 Å². The first-order valence-electron chi connectivity index (χ1n) is 7.25. The molecular formula is C16H19N3O2S. The fraction of sp³-hybridized carbons (Fsp3) is 0.375. The molecule has 0 bridgehead atoms. The van der Waals surface area contributed by atoms with Gasteiger partial charge in [-0.25, -0.2) is 9.78 Å². The molecule has 1 fully saturated rings. The summed E-state index contributed by atoms with van der Waals surface area (Å²) in [5.74, 6) is 0.466. The number of nitrogens with one attached hydrogen (secondary N) is 1. The summed E-state index contributed by atoms with van der Waals surface area (Å²) in [5, 5.41) is 5.39. The lowest BCUT2D eigenvalue weighted by molar-refractivity contribution is 0.0671. The minimum Gasteiger partial charge on any atom is -0.378 e. The Hall–Kier alpha value is -1.92. The van der Waals surface area contributed by atoms with E-state index in [9.17, 15) is 4.79 Å². The molecule has 22 heavy (non-hydrogen) atoms. The van der Waals surface area contributed by atoms with Crippen molar-refractivity contribution in [2.45, 2.75) is 19.6 Å². The third kappa shape index (κ3) is 2.98. The topological polar surface area (TPSA) is 54.5 Å². The number of amides is 2. The second kappa shape index (κ2) is 6.46. The largest absolute Gasteiger partial charge is 0.378 e. The quantitative estimate of drug-likeness (QED) is 0.939. The van der Waals surface area contributed by atoms with Crippen molar-refractivity contribution < 1.29 is 9.53 Å². The minimum absolute atomic E-state index is 0.0923. The van der Waals surface area contributed by atoms with Crippen LogP contribution in [0.15, 0.2) is 35.7 Å². The van der Waals surface area contributed by atoms with Gasteiger partial charge in [0.1, 0.15) is 0 Å². The van der Waals surface area contributed by atoms with Gasteiger partial charge in [-0.15, -0.1) is 11.3 Å². The van der Waals surface area contributed by atoms with Crippen LogP contribution >= 0.6 is 11.3 Å². The Balaban J connectivity index is 1.67. The lowest BCUT2D eigenvalue weighted by Crippen LogP contribution is -2.53. The average molecular weight is 317 g/mol. The second-order valence-electron chi connectivity index (χ2n) is 5.49. The number of anilines is 1. The molecule has 2 heterocycles. The number of carbonyl (C=O) groups excluding carboxylic acids is 1. The highest BCUT2D eigenvalue weighted by atomic mass is 32.1. The molecule has 1 aromatic carbocycles. The molecule has 5 nitrogen and oxygen atoms in total. The number of thiazole rings is 1. The number of ether oxygens (including phenoxy) is 1. The molecule has 1 aliphatic heterocycles. The van der Waals surface area contributed by atoms with Crippen molar-refractivity contribution in [3.63, 3.8) is 0 Å². The number of methoxy groups -OCH3 is 1. The molecule has 0 aliphatic carbocycles. The highest BCUT2D eigenvalue weighted by Crippen LogP contribution is 2.38. The van der Waals surface area contributed by atoms with E-state index in [4.69, 9.17) is 4.74 Å². The predicted molar refractivity (Wildman–Crippen MR) is 86.9 cm³/mol. The average Bonchev–Trinajstić information content (AvgIpc) is 2.93. The monoisotopic (exact) mass is 317 g/mol. The van der Waals surface area contributed by atoms with Crippen molar-refractivity contribution in [3.8, 4) is 0 Å². The van der Waals surface area contributed by atoms with Crippen LogP contribution in [0.5, 0.6) is 0 Å². The first kappa shape index (κ1) is 15.0. The van der Waals surface area contributed by atoms with E-state index in [-0.39, 0.29) is 12.1 Å². The maximum Gasteiger partial charge on any atom is 0.324 e. The van der Waals surface area contributed by atoms with Crippen molar-refractivity contribution >= 4 is 22.5 Å². The molecule has 1 N–H and O–H groups in total. The predicted octanol–water partition coefficient (Wildman–Crippen LogP) is 3.51. The fourth-order valence-electron chi connectivity index (χ4n) is 2.80. The van der Waals surface area contributed by atoms with Gasteiger partial charge >= 0.3 is 6.03 Å². The molecule has 1 aliphatic rings. The molecule has 2 atom stereocenters. The van der Waals surface area contributed by atoms with E-state index in [1.54, 1.807) is 7.11 Å². The number of hydrogen-bond donors (Lipinski definition) is 1. The van der Waals surface area contributed by atoms with Gasteiger partial charge < -0.3 is 9.64 Å². The Morgan fingerprint density at radius 2 is 2.23 bits per heavy atom. The summed E-state index contributed by atoms with van der Waals surface area (Å²) in [6.07, 6.45) is 0. The summed E-state index contributed by atoms with van der Waals surface area (Å²) < 4.78 is 5.04. The van der Waals surface area contributed by atoms with Crippen molar-refractivity contribution in [3.05, 3.63) is 47.0 Å². The van der Waals surface area contributed by atoms with Gasteiger partial charge in [0.05, 0.1) is 18.3 Å². The number of rotatable bonds is 4. The molecule has 116 valence electrons. The number of nitrogens with zero attached hydrogens (tertiary/aromatic N) is 2. The summed E-state index contributed by atoms with van der Waals surface area (Å²) in [6, 6.07) is 10.2. The maximum atomic E-state index is 12.4. The number of hydrogen-bond acceptors (Lipinski definition) is 4. The SMILES string of the molecule is COCc1csc(NC(=O)N2C[C@H](C)[C@H]2c2ccccc2)n1. The maximum absolute atomic E-state index is 12.4. The molecule has 0 spiro atoms. The molecular weight excluding hydrogens is 298 g/mol. The van der Waals surface area contributed by atoms with E-state index < -0.39 is 0 Å². The smallest absolute Gasteiger partial charge is 0.324 e. The van der Waals surface area contributed by atoms with Gasteiger partial charge in [-0.1, -0.05) is 37.3 Å². The fourth-order valence-corrected chi connectivity index (χ4v) is 3.49. The van der Waals surface area contributed by atoms with Crippen molar-refractivity contribution in [1.29, 1.82) is 0 Å². The van der Waals surface area contributed by atoms with Crippen LogP contribution in [0, 0.1) is 5.92 Å². The molecule has 1 aromatic heterocycles. The molecule has 3 rings (SSSR count). The van der Waals surface area contributed by atoms with E-state index in [1.165, 1.54) is 16.9 Å². The highest BCUT2D eigenvalue weighted by molar-refractivity contribution is 7.13. The van der Waals surface area contributed by atoms with Crippen LogP contribution in [0.4, 0.5) is 9.93 Å². The molecule has 0 radical (unpaired) electrons. The van der Waals surface area contributed by atoms with Crippen LogP contribution in [0.2, 0.25) is 0 Å². The Kier molecular flexibility index (Phi) is 4.40. The third-order valence-corrected chi connectivity index (χ3v) is 4.63. The van der Waals surface area contributed by atoms with Gasteiger partial charge in [0.2, 0.25) is 0 Å². The Labute approximate surface area is 133 Å². The van der Waals surface area contributed by atoms with E-state index in [0.29, 0.717) is 17.7 Å². The highest BCUT2D eigenvalue weighted by Gasteiger charge is 2.40. The normalized spacial score (nSPS) is 20.5. The van der Waals surface area contributed by atoms with Crippen molar-refractivity contribution in [2.24, 2.45) is 5.92 Å². The Bertz CT molecular complexity index is 644. The van der Waals surface area contributed by atoms with Crippen molar-refractivity contribution in [1.82, 2.24) is 9.88 Å². The van der Waals surface area contributed by atoms with Crippen molar-refractivity contribution in [2.75, 3.05) is 19.0 Å². The van der Waals surface area contributed by atoms with Gasteiger partial charge in [-0.05, 0) is 11.5 Å². The van der Waals surface area contributed by atoms with Crippen LogP contribution < -0.4 is 5.32 Å². The molecule has 1 saturated heterocycles. The van der Waals surface area contributed by atoms with E-state index in [2.05, 4.69) is 29.4 Å². The molecule has 6 heteroatoms. The summed E-state index contributed by atoms with van der Waals surface area (Å²) in [6.45, 7) is 3.39. The van der Waals surface area contributed by atoms with E-state index in [1.807, 2.05) is 28.5 Å². The summed E-state index contributed by atoms with van der Waals surface area (Å²) in [5.41, 5.74) is 2.01. The second-order valence-corrected chi connectivity index (χ2v) is 6.35. The molecule has 0 unspecified atom stereocenters. The van der Waals surface area contributed by atoms with Crippen LogP contribution in [0.3, 0.4) is 0 Å². The Morgan fingerprint density at radius 3 is 2.91 bits per heavy atom. The van der Waals surface area contributed by atoms with E-state index >= 15 is 0 Å². The summed E-state index contributed by atoms with van der Waals surface area (Å²) >= 11 is 1.42. The van der Waals surface area contributed by atoms with E-state index in [0.717, 1.165) is 12.2 Å². The number of likely N-dealkylation sites (tertiary alicyclic amines) is 1. The zero-order valence-electron chi connectivity index (χ0n) is 12.7. The van der Waals surface area contributed by atoms with Crippen LogP contribution in [-0.4, -0.2) is 29.6 Å². The van der Waals surface area contributed by atoms with Crippen LogP contribution in [0.1, 0.15) is 24.2 Å². The third-order valence-electron chi connectivity index (χ3n) is 3.82. The van der Waals surface area contributed by atoms with Crippen LogP contribution in [-0.2, 0) is 11.3 Å². The molecule has 0 saturated carbocycles. The van der Waals surface area contributed by atoms with Gasteiger partial charge in [0, 0.05) is 19.0 Å². The van der Waals surface area contributed by atoms with Crippen LogP contribution in [0.25, 0.3) is 0 Å². The first-order valence-corrected chi connectivity index (χ1v) is 8.13. The number of benzene rings is 1. The van der Waals surface area contributed by atoms with Gasteiger partial charge in [0.15, 0.2) is 5.13 Å². The standard InChI is InChI=1S/C16H19N3O2S/c1-11-8-19(14(11)12-6-4-3-5-7-12)16(20)18-15-17-13(9-21-2)10-22-15/h3-7,10-11,14H,8-9H2,1-2H3,(H,17,18,20)/t11-,14-/m0/s1.